The van der Waals surface area contributed by atoms with Crippen molar-refractivity contribution in [3.05, 3.63) is 84.2 Å². The zero-order valence-electron chi connectivity index (χ0n) is 24.7. The topological polar surface area (TPSA) is 96.0 Å². The number of amides is 2. The van der Waals surface area contributed by atoms with Crippen LogP contribution in [-0.2, 0) is 26.2 Å². The molecule has 11 heteroatoms. The molecule has 1 saturated carbocycles. The second-order valence-corrected chi connectivity index (χ2v) is 13.1. The van der Waals surface area contributed by atoms with Gasteiger partial charge in [0.2, 0.25) is 11.8 Å². The van der Waals surface area contributed by atoms with Crippen LogP contribution in [0.15, 0.2) is 82.6 Å². The van der Waals surface area contributed by atoms with Crippen molar-refractivity contribution in [2.75, 3.05) is 23.7 Å². The van der Waals surface area contributed by atoms with Gasteiger partial charge in [-0.25, -0.2) is 12.8 Å². The molecule has 3 aromatic carbocycles. The highest BCUT2D eigenvalue weighted by atomic mass is 32.2. The van der Waals surface area contributed by atoms with Gasteiger partial charge in [-0.1, -0.05) is 43.2 Å². The Balaban J connectivity index is 1.73. The second kappa shape index (κ2) is 14.7. The predicted molar refractivity (Wildman–Crippen MR) is 167 cm³/mol. The summed E-state index contributed by atoms with van der Waals surface area (Å²) in [6, 6.07) is 18.0. The van der Waals surface area contributed by atoms with E-state index in [0.29, 0.717) is 0 Å². The molecule has 1 N–H and O–H groups in total. The first-order chi connectivity index (χ1) is 20.6. The predicted octanol–water partition coefficient (Wildman–Crippen LogP) is 5.62. The first-order valence-corrected chi connectivity index (χ1v) is 17.0. The number of benzene rings is 3. The lowest BCUT2D eigenvalue weighted by Gasteiger charge is -2.33. The minimum atomic E-state index is -4.27. The Morgan fingerprint density at radius 1 is 1.02 bits per heavy atom. The normalized spacial score (nSPS) is 14.2. The van der Waals surface area contributed by atoms with E-state index < -0.39 is 34.3 Å². The van der Waals surface area contributed by atoms with Gasteiger partial charge in [-0.3, -0.25) is 13.9 Å². The fourth-order valence-electron chi connectivity index (χ4n) is 5.11. The first-order valence-electron chi connectivity index (χ1n) is 14.4. The second-order valence-electron chi connectivity index (χ2n) is 10.4. The summed E-state index contributed by atoms with van der Waals surface area (Å²) in [6.45, 7) is 2.79. The van der Waals surface area contributed by atoms with E-state index >= 15 is 0 Å². The fourth-order valence-corrected chi connectivity index (χ4v) is 6.95. The van der Waals surface area contributed by atoms with E-state index in [1.54, 1.807) is 68.4 Å². The molecule has 1 fully saturated rings. The van der Waals surface area contributed by atoms with Crippen LogP contribution in [0.5, 0.6) is 5.75 Å². The van der Waals surface area contributed by atoms with Gasteiger partial charge >= 0.3 is 0 Å². The average Bonchev–Trinajstić information content (AvgIpc) is 3.52. The minimum absolute atomic E-state index is 0.00270. The molecule has 1 aliphatic rings. The maximum absolute atomic E-state index is 14.8. The number of rotatable bonds is 13. The molecule has 1 aliphatic carbocycles. The summed E-state index contributed by atoms with van der Waals surface area (Å²) in [5.41, 5.74) is 0.397. The Hall–Kier alpha value is -3.57. The fraction of sp³-hybridized carbons (Fsp3) is 0.375. The standard InChI is InChI=1S/C32H38FN3O5S2/c1-4-41-30-16-10-9-15-29(30)36(43(39,40)27-19-17-26(42-3)18-20-27)22-31(37)35(21-24-11-5-8-14-28(24)33)23(2)32(38)34-25-12-6-7-13-25/h5,8-11,14-20,23,25H,4,6-7,12-13,21-22H2,1-3H3,(H,34,38)/t23-/m1/s1. The molecule has 1 atom stereocenters. The van der Waals surface area contributed by atoms with E-state index in [0.717, 1.165) is 34.9 Å². The van der Waals surface area contributed by atoms with Crippen molar-refractivity contribution in [1.29, 1.82) is 0 Å². The molecule has 0 bridgehead atoms. The third-order valence-electron chi connectivity index (χ3n) is 7.53. The molecular weight excluding hydrogens is 590 g/mol. The third-order valence-corrected chi connectivity index (χ3v) is 10.0. The quantitative estimate of drug-likeness (QED) is 0.247. The van der Waals surface area contributed by atoms with E-state index in [-0.39, 0.29) is 47.0 Å². The summed E-state index contributed by atoms with van der Waals surface area (Å²) in [5, 5.41) is 3.01. The van der Waals surface area contributed by atoms with Crippen molar-refractivity contribution in [2.24, 2.45) is 0 Å². The van der Waals surface area contributed by atoms with Crippen LogP contribution in [0.25, 0.3) is 0 Å². The SMILES string of the molecule is CCOc1ccccc1N(CC(=O)N(Cc1ccccc1F)[C@H](C)C(=O)NC1CCCC1)S(=O)(=O)c1ccc(SC)cc1. The number of nitrogens with zero attached hydrogens (tertiary/aromatic N) is 2. The average molecular weight is 628 g/mol. The van der Waals surface area contributed by atoms with Crippen molar-refractivity contribution < 1.29 is 27.1 Å². The number of hydrogen-bond donors (Lipinski definition) is 1. The molecule has 0 spiro atoms. The molecule has 0 aliphatic heterocycles. The van der Waals surface area contributed by atoms with E-state index in [1.807, 2.05) is 6.26 Å². The van der Waals surface area contributed by atoms with Gasteiger partial charge in [0, 0.05) is 23.0 Å². The zero-order valence-corrected chi connectivity index (χ0v) is 26.3. The van der Waals surface area contributed by atoms with E-state index in [4.69, 9.17) is 4.74 Å². The zero-order chi connectivity index (χ0) is 31.0. The Bertz CT molecular complexity index is 1510. The van der Waals surface area contributed by atoms with E-state index in [2.05, 4.69) is 5.32 Å². The third kappa shape index (κ3) is 7.88. The minimum Gasteiger partial charge on any atom is -0.492 e. The Labute approximate surface area is 257 Å². The monoisotopic (exact) mass is 627 g/mol. The van der Waals surface area contributed by atoms with E-state index in [9.17, 15) is 22.4 Å². The van der Waals surface area contributed by atoms with Crippen LogP contribution >= 0.6 is 11.8 Å². The highest BCUT2D eigenvalue weighted by Gasteiger charge is 2.34. The number of halogens is 1. The Kier molecular flexibility index (Phi) is 11.1. The molecular formula is C32H38FN3O5S2. The van der Waals surface area contributed by atoms with Gasteiger partial charge in [-0.15, -0.1) is 11.8 Å². The molecule has 8 nitrogen and oxygen atoms in total. The van der Waals surface area contributed by atoms with Crippen molar-refractivity contribution in [3.63, 3.8) is 0 Å². The van der Waals surface area contributed by atoms with Crippen LogP contribution in [0, 0.1) is 5.82 Å². The van der Waals surface area contributed by atoms with Gasteiger partial charge in [-0.2, -0.15) is 0 Å². The molecule has 0 saturated heterocycles. The van der Waals surface area contributed by atoms with Crippen LogP contribution in [0.4, 0.5) is 10.1 Å². The Morgan fingerprint density at radius 2 is 1.67 bits per heavy atom. The van der Waals surface area contributed by atoms with Crippen molar-refractivity contribution in [3.8, 4) is 5.75 Å². The molecule has 0 aromatic heterocycles. The number of carbonyl (C=O) groups excluding carboxylic acids is 2. The van der Waals surface area contributed by atoms with Crippen LogP contribution in [0.1, 0.15) is 45.1 Å². The lowest BCUT2D eigenvalue weighted by molar-refractivity contribution is -0.139. The maximum atomic E-state index is 14.8. The molecule has 0 radical (unpaired) electrons. The van der Waals surface area contributed by atoms with E-state index in [1.165, 1.54) is 34.9 Å². The largest absolute Gasteiger partial charge is 0.492 e. The summed E-state index contributed by atoms with van der Waals surface area (Å²) in [5.74, 6) is -1.26. The highest BCUT2D eigenvalue weighted by molar-refractivity contribution is 7.98. The van der Waals surface area contributed by atoms with Crippen LogP contribution in [-0.4, -0.2) is 56.6 Å². The lowest BCUT2D eigenvalue weighted by atomic mass is 10.1. The molecule has 0 unspecified atom stereocenters. The summed E-state index contributed by atoms with van der Waals surface area (Å²) in [6.07, 6.45) is 5.63. The molecule has 230 valence electrons. The highest BCUT2D eigenvalue weighted by Crippen LogP contribution is 2.33. The number of anilines is 1. The first kappa shape index (κ1) is 32.3. The molecule has 0 heterocycles. The van der Waals surface area contributed by atoms with Crippen LogP contribution in [0.3, 0.4) is 0 Å². The van der Waals surface area contributed by atoms with Crippen LogP contribution in [0.2, 0.25) is 0 Å². The Morgan fingerprint density at radius 3 is 2.33 bits per heavy atom. The smallest absolute Gasteiger partial charge is 0.264 e. The van der Waals surface area contributed by atoms with Gasteiger partial charge in [0.1, 0.15) is 24.2 Å². The van der Waals surface area contributed by atoms with Gasteiger partial charge in [0.05, 0.1) is 17.2 Å². The van der Waals surface area contributed by atoms with Crippen molar-refractivity contribution >= 4 is 39.3 Å². The molecule has 43 heavy (non-hydrogen) atoms. The van der Waals surface area contributed by atoms with Gasteiger partial charge < -0.3 is 15.0 Å². The summed E-state index contributed by atoms with van der Waals surface area (Å²) in [7, 11) is -4.27. The number of sulfonamides is 1. The summed E-state index contributed by atoms with van der Waals surface area (Å²) < 4.78 is 49.8. The number of para-hydroxylation sites is 2. The molecule has 4 rings (SSSR count). The number of hydrogen-bond acceptors (Lipinski definition) is 6. The number of nitrogens with one attached hydrogen (secondary N) is 1. The van der Waals surface area contributed by atoms with Gasteiger partial charge in [0.25, 0.3) is 10.0 Å². The summed E-state index contributed by atoms with van der Waals surface area (Å²) >= 11 is 1.48. The maximum Gasteiger partial charge on any atom is 0.264 e. The number of thioether (sulfide) groups is 1. The van der Waals surface area contributed by atoms with Gasteiger partial charge in [-0.05, 0) is 75.4 Å². The molecule has 2 amide bonds. The van der Waals surface area contributed by atoms with Gasteiger partial charge in [0.15, 0.2) is 0 Å². The van der Waals surface area contributed by atoms with Crippen LogP contribution < -0.4 is 14.4 Å². The number of carbonyl (C=O) groups is 2. The van der Waals surface area contributed by atoms with Crippen molar-refractivity contribution in [2.45, 2.75) is 68.0 Å². The molecule has 3 aromatic rings. The number of ether oxygens (including phenoxy) is 1. The lowest BCUT2D eigenvalue weighted by Crippen LogP contribution is -2.52. The summed E-state index contributed by atoms with van der Waals surface area (Å²) in [4.78, 5) is 29.6. The van der Waals surface area contributed by atoms with Crippen molar-refractivity contribution in [1.82, 2.24) is 10.2 Å².